The molecule has 164 valence electrons. The maximum Gasteiger partial charge on any atom is 0.0842 e. The van der Waals surface area contributed by atoms with Crippen LogP contribution in [-0.2, 0) is 0 Å². The first-order valence-corrected chi connectivity index (χ1v) is 12.2. The van der Waals surface area contributed by atoms with E-state index >= 15 is 0 Å². The first-order chi connectivity index (χ1) is 13.7. The topological polar surface area (TPSA) is 40.5 Å². The fourth-order valence-electron chi connectivity index (χ4n) is 6.68. The molecule has 3 rings (SSSR count). The van der Waals surface area contributed by atoms with Gasteiger partial charge in [0.05, 0.1) is 12.2 Å². The summed E-state index contributed by atoms with van der Waals surface area (Å²) in [7, 11) is 0. The molecule has 0 unspecified atom stereocenters. The molecule has 3 aliphatic rings. The molecule has 3 fully saturated rings. The largest absolute Gasteiger partial charge is 0.390 e. The van der Waals surface area contributed by atoms with Gasteiger partial charge < -0.3 is 10.2 Å². The minimum atomic E-state index is -0.655. The van der Waals surface area contributed by atoms with E-state index in [9.17, 15) is 10.2 Å². The molecule has 2 nitrogen and oxygen atoms in total. The third-order valence-electron chi connectivity index (χ3n) is 8.45. The molecular weight excluding hydrogens is 356 g/mol. The predicted octanol–water partition coefficient (Wildman–Crippen LogP) is 6.59. The van der Waals surface area contributed by atoms with Gasteiger partial charge in [0.25, 0.3) is 0 Å². The van der Waals surface area contributed by atoms with Crippen LogP contribution in [0.4, 0.5) is 0 Å². The molecule has 0 spiro atoms. The van der Waals surface area contributed by atoms with E-state index in [1.807, 2.05) is 0 Å². The van der Waals surface area contributed by atoms with Crippen molar-refractivity contribution < 1.29 is 10.2 Å². The number of fused-ring (bicyclic) bond motifs is 1. The second kappa shape index (κ2) is 9.52. The Labute approximate surface area is 179 Å². The summed E-state index contributed by atoms with van der Waals surface area (Å²) in [6.45, 7) is 13.9. The lowest BCUT2D eigenvalue weighted by Crippen LogP contribution is -2.36. The van der Waals surface area contributed by atoms with Crippen molar-refractivity contribution in [3.05, 3.63) is 35.5 Å². The van der Waals surface area contributed by atoms with E-state index in [4.69, 9.17) is 0 Å². The lowest BCUT2D eigenvalue weighted by atomic mass is 9.60. The van der Waals surface area contributed by atoms with Crippen LogP contribution in [0.25, 0.3) is 0 Å². The van der Waals surface area contributed by atoms with Gasteiger partial charge in [-0.05, 0) is 72.3 Å². The fourth-order valence-corrected chi connectivity index (χ4v) is 6.68. The van der Waals surface area contributed by atoms with Crippen LogP contribution in [0, 0.1) is 29.1 Å². The Kier molecular flexibility index (Phi) is 7.49. The van der Waals surface area contributed by atoms with E-state index < -0.39 is 12.2 Å². The smallest absolute Gasteiger partial charge is 0.0842 e. The van der Waals surface area contributed by atoms with E-state index in [1.54, 1.807) is 5.57 Å². The molecule has 3 aliphatic carbocycles. The molecule has 3 saturated carbocycles. The molecule has 0 aliphatic heterocycles. The first-order valence-electron chi connectivity index (χ1n) is 12.2. The van der Waals surface area contributed by atoms with Gasteiger partial charge in [0, 0.05) is 12.8 Å². The van der Waals surface area contributed by atoms with E-state index in [2.05, 4.69) is 46.4 Å². The number of hydrogen-bond acceptors (Lipinski definition) is 2. The highest BCUT2D eigenvalue weighted by Gasteiger charge is 2.50. The molecule has 0 heterocycles. The molecule has 0 aromatic rings. The Morgan fingerprint density at radius 2 is 1.79 bits per heavy atom. The van der Waals surface area contributed by atoms with E-state index in [0.29, 0.717) is 18.3 Å². The summed E-state index contributed by atoms with van der Waals surface area (Å²) in [5, 5.41) is 19.9. The minimum absolute atomic E-state index is 0.457. The highest BCUT2D eigenvalue weighted by Crippen LogP contribution is 2.59. The Morgan fingerprint density at radius 1 is 1.07 bits per heavy atom. The van der Waals surface area contributed by atoms with E-state index in [1.165, 1.54) is 51.4 Å². The normalized spacial score (nSPS) is 39.3. The Morgan fingerprint density at radius 3 is 2.52 bits per heavy atom. The second-order valence-corrected chi connectivity index (χ2v) is 11.0. The summed E-state index contributed by atoms with van der Waals surface area (Å²) < 4.78 is 0. The fraction of sp³-hybridized carbons (Fsp3) is 0.778. The van der Waals surface area contributed by atoms with Gasteiger partial charge in [-0.2, -0.15) is 0 Å². The summed E-state index contributed by atoms with van der Waals surface area (Å²) in [4.78, 5) is 0. The average molecular weight is 401 g/mol. The van der Waals surface area contributed by atoms with Gasteiger partial charge in [-0.1, -0.05) is 71.3 Å². The SMILES string of the molecule is C=C1C[C@@H](O)[C@H](O)C/C1=C\C=C1/CCC[C@]2(C)[C@@H]([C@H](C)CCCC(C)C)CC[C@@H]12. The van der Waals surface area contributed by atoms with Crippen molar-refractivity contribution in [3.8, 4) is 0 Å². The number of aliphatic hydroxyl groups is 2. The van der Waals surface area contributed by atoms with Crippen LogP contribution < -0.4 is 0 Å². The lowest BCUT2D eigenvalue weighted by molar-refractivity contribution is 0.0138. The summed E-state index contributed by atoms with van der Waals surface area (Å²) in [5.74, 6) is 3.23. The number of aliphatic hydroxyl groups excluding tert-OH is 2. The molecule has 0 amide bonds. The minimum Gasteiger partial charge on any atom is -0.390 e. The standard InChI is InChI=1S/C27H44O2/c1-18(2)8-6-9-19(3)23-13-14-24-21(10-7-15-27(23,24)5)11-12-22-17-26(29)25(28)16-20(22)4/h11-12,18-19,23-26,28-29H,4,6-10,13-17H2,1-3,5H3/b21-11+,22-12+/t19-,23-,24+,25-,26-,27-/m1/s1. The van der Waals surface area contributed by atoms with Crippen LogP contribution in [0.5, 0.6) is 0 Å². The summed E-state index contributed by atoms with van der Waals surface area (Å²) >= 11 is 0. The van der Waals surface area contributed by atoms with Crippen LogP contribution in [0.3, 0.4) is 0 Å². The molecule has 0 saturated heterocycles. The Balaban J connectivity index is 1.70. The van der Waals surface area contributed by atoms with Gasteiger partial charge in [-0.25, -0.2) is 0 Å². The van der Waals surface area contributed by atoms with Gasteiger partial charge in [0.15, 0.2) is 0 Å². The van der Waals surface area contributed by atoms with Gasteiger partial charge in [-0.3, -0.25) is 0 Å². The van der Waals surface area contributed by atoms with Crippen molar-refractivity contribution in [2.45, 2.75) is 104 Å². The van der Waals surface area contributed by atoms with E-state index in [0.717, 1.165) is 34.8 Å². The zero-order chi connectivity index (χ0) is 21.2. The average Bonchev–Trinajstić information content (AvgIpc) is 3.01. The maximum atomic E-state index is 10.0. The molecule has 2 heteroatoms. The summed E-state index contributed by atoms with van der Waals surface area (Å²) in [6, 6.07) is 0. The molecule has 0 bridgehead atoms. The van der Waals surface area contributed by atoms with Crippen molar-refractivity contribution in [3.63, 3.8) is 0 Å². The lowest BCUT2D eigenvalue weighted by Gasteiger charge is -2.44. The first kappa shape index (κ1) is 22.8. The maximum absolute atomic E-state index is 10.0. The van der Waals surface area contributed by atoms with Crippen molar-refractivity contribution in [2.75, 3.05) is 0 Å². The summed E-state index contributed by atoms with van der Waals surface area (Å²) in [5.41, 5.74) is 4.19. The quantitative estimate of drug-likeness (QED) is 0.528. The summed E-state index contributed by atoms with van der Waals surface area (Å²) in [6.07, 6.45) is 15.0. The monoisotopic (exact) mass is 400 g/mol. The molecule has 29 heavy (non-hydrogen) atoms. The Hall–Kier alpha value is -0.860. The second-order valence-electron chi connectivity index (χ2n) is 11.0. The van der Waals surface area contributed by atoms with Crippen molar-refractivity contribution in [1.29, 1.82) is 0 Å². The van der Waals surface area contributed by atoms with Crippen LogP contribution in [0.15, 0.2) is 35.5 Å². The van der Waals surface area contributed by atoms with Crippen LogP contribution in [-0.4, -0.2) is 22.4 Å². The third kappa shape index (κ3) is 5.07. The molecule has 0 radical (unpaired) electrons. The highest BCUT2D eigenvalue weighted by molar-refractivity contribution is 5.37. The predicted molar refractivity (Wildman–Crippen MR) is 123 cm³/mol. The van der Waals surface area contributed by atoms with Crippen molar-refractivity contribution in [1.82, 2.24) is 0 Å². The van der Waals surface area contributed by atoms with Crippen molar-refractivity contribution in [2.24, 2.45) is 29.1 Å². The molecule has 0 aromatic carbocycles. The van der Waals surface area contributed by atoms with Gasteiger partial charge >= 0.3 is 0 Å². The van der Waals surface area contributed by atoms with Crippen molar-refractivity contribution >= 4 is 0 Å². The molecule has 0 aromatic heterocycles. The van der Waals surface area contributed by atoms with Gasteiger partial charge in [0.1, 0.15) is 0 Å². The zero-order valence-electron chi connectivity index (χ0n) is 19.3. The number of rotatable bonds is 6. The molecule has 2 N–H and O–H groups in total. The number of allylic oxidation sites excluding steroid dienone is 3. The van der Waals surface area contributed by atoms with Crippen LogP contribution in [0.1, 0.15) is 91.9 Å². The van der Waals surface area contributed by atoms with Crippen LogP contribution >= 0.6 is 0 Å². The Bertz CT molecular complexity index is 643. The number of hydrogen-bond donors (Lipinski definition) is 2. The zero-order valence-corrected chi connectivity index (χ0v) is 19.3. The molecular formula is C27H44O2. The molecule has 6 atom stereocenters. The van der Waals surface area contributed by atoms with Gasteiger partial charge in [0.2, 0.25) is 0 Å². The van der Waals surface area contributed by atoms with Crippen LogP contribution in [0.2, 0.25) is 0 Å². The highest BCUT2D eigenvalue weighted by atomic mass is 16.3. The van der Waals surface area contributed by atoms with Gasteiger partial charge in [-0.15, -0.1) is 0 Å². The van der Waals surface area contributed by atoms with E-state index in [-0.39, 0.29) is 0 Å². The third-order valence-corrected chi connectivity index (χ3v) is 8.45.